The lowest BCUT2D eigenvalue weighted by molar-refractivity contribution is -0.0922. The van der Waals surface area contributed by atoms with Gasteiger partial charge in [0, 0.05) is 19.9 Å². The summed E-state index contributed by atoms with van der Waals surface area (Å²) < 4.78 is 43.9. The summed E-state index contributed by atoms with van der Waals surface area (Å²) in [7, 11) is 1.49. The van der Waals surface area contributed by atoms with Gasteiger partial charge < -0.3 is 9.64 Å². The first-order chi connectivity index (χ1) is 9.41. The van der Waals surface area contributed by atoms with E-state index in [2.05, 4.69) is 0 Å². The molecule has 0 aliphatic carbocycles. The van der Waals surface area contributed by atoms with Crippen molar-refractivity contribution in [2.75, 3.05) is 7.11 Å². The molecular weight excluding hydrogens is 267 g/mol. The van der Waals surface area contributed by atoms with E-state index in [1.54, 1.807) is 11.8 Å². The smallest absolute Gasteiger partial charge is 0.358 e. The van der Waals surface area contributed by atoms with Crippen molar-refractivity contribution in [2.45, 2.75) is 25.9 Å². The molecule has 1 aromatic carbocycles. The molecule has 0 amide bonds. The lowest BCUT2D eigenvalue weighted by Crippen LogP contribution is -2.37. The van der Waals surface area contributed by atoms with Crippen molar-refractivity contribution < 1.29 is 17.9 Å². The van der Waals surface area contributed by atoms with Crippen molar-refractivity contribution in [3.8, 4) is 0 Å². The number of allylic oxidation sites excluding steroid dienone is 2. The van der Waals surface area contributed by atoms with Crippen molar-refractivity contribution in [1.82, 2.24) is 4.90 Å². The third-order valence-corrected chi connectivity index (χ3v) is 3.14. The first-order valence-electron chi connectivity index (χ1n) is 6.21. The number of alkyl halides is 3. The molecule has 2 rings (SSSR count). The van der Waals surface area contributed by atoms with Crippen LogP contribution < -0.4 is 0 Å². The molecule has 0 bridgehead atoms. The highest BCUT2D eigenvalue weighted by Gasteiger charge is 2.36. The molecule has 0 radical (unpaired) electrons. The molecule has 0 N–H and O–H groups in total. The second kappa shape index (κ2) is 5.71. The van der Waals surface area contributed by atoms with Crippen molar-refractivity contribution in [3.63, 3.8) is 0 Å². The Kier molecular flexibility index (Phi) is 4.18. The van der Waals surface area contributed by atoms with Crippen LogP contribution in [0.5, 0.6) is 0 Å². The Balaban J connectivity index is 2.28. The Hall–Kier alpha value is -1.75. The van der Waals surface area contributed by atoms with Crippen LogP contribution in [0.2, 0.25) is 0 Å². The monoisotopic (exact) mass is 283 g/mol. The first kappa shape index (κ1) is 14.7. The summed E-state index contributed by atoms with van der Waals surface area (Å²) in [5, 5.41) is 0. The predicted octanol–water partition coefficient (Wildman–Crippen LogP) is 3.87. The number of hydrogen-bond acceptors (Lipinski definition) is 2. The topological polar surface area (TPSA) is 12.5 Å². The van der Waals surface area contributed by atoms with E-state index >= 15 is 0 Å². The fraction of sp³-hybridized carbons (Fsp3) is 0.333. The van der Waals surface area contributed by atoms with Crippen LogP contribution in [0.3, 0.4) is 0 Å². The maximum Gasteiger partial charge on any atom is 0.417 e. The van der Waals surface area contributed by atoms with Crippen molar-refractivity contribution in [2.24, 2.45) is 0 Å². The van der Waals surface area contributed by atoms with E-state index in [-0.39, 0.29) is 0 Å². The Morgan fingerprint density at radius 1 is 1.20 bits per heavy atom. The molecule has 108 valence electrons. The summed E-state index contributed by atoms with van der Waals surface area (Å²) in [6.45, 7) is 2.01. The average molecular weight is 283 g/mol. The zero-order chi connectivity index (χ0) is 14.8. The Morgan fingerprint density at radius 2 is 1.85 bits per heavy atom. The van der Waals surface area contributed by atoms with Crippen LogP contribution in [0.4, 0.5) is 13.2 Å². The largest absolute Gasteiger partial charge is 0.417 e. The molecule has 0 saturated carbocycles. The van der Waals surface area contributed by atoms with Gasteiger partial charge in [-0.25, -0.2) is 0 Å². The van der Waals surface area contributed by atoms with E-state index in [1.807, 2.05) is 30.3 Å². The summed E-state index contributed by atoms with van der Waals surface area (Å²) in [5.74, 6) is 0. The van der Waals surface area contributed by atoms with Crippen LogP contribution in [-0.2, 0) is 11.3 Å². The van der Waals surface area contributed by atoms with Crippen LogP contribution in [-0.4, -0.2) is 24.4 Å². The summed E-state index contributed by atoms with van der Waals surface area (Å²) in [5.41, 5.74) is 0.819. The maximum atomic E-state index is 12.9. The molecule has 1 aliphatic heterocycles. The second-order valence-electron chi connectivity index (χ2n) is 4.72. The molecule has 1 heterocycles. The lowest BCUT2D eigenvalue weighted by atomic mass is 10.1. The highest BCUT2D eigenvalue weighted by molar-refractivity contribution is 5.33. The molecule has 1 aliphatic rings. The van der Waals surface area contributed by atoms with Gasteiger partial charge in [0.05, 0.1) is 5.57 Å². The zero-order valence-electron chi connectivity index (χ0n) is 11.3. The average Bonchev–Trinajstić information content (AvgIpc) is 2.38. The number of methoxy groups -OCH3 is 1. The van der Waals surface area contributed by atoms with Crippen molar-refractivity contribution in [1.29, 1.82) is 0 Å². The van der Waals surface area contributed by atoms with Crippen molar-refractivity contribution in [3.05, 3.63) is 59.3 Å². The van der Waals surface area contributed by atoms with E-state index in [0.29, 0.717) is 12.1 Å². The maximum absolute atomic E-state index is 12.9. The highest BCUT2D eigenvalue weighted by Crippen LogP contribution is 2.33. The Morgan fingerprint density at radius 3 is 2.40 bits per heavy atom. The molecule has 1 atom stereocenters. The molecule has 20 heavy (non-hydrogen) atoms. The predicted molar refractivity (Wildman–Crippen MR) is 70.7 cm³/mol. The van der Waals surface area contributed by atoms with Gasteiger partial charge in [0.1, 0.15) is 0 Å². The van der Waals surface area contributed by atoms with Crippen LogP contribution >= 0.6 is 0 Å². The van der Waals surface area contributed by atoms with Gasteiger partial charge in [-0.2, -0.15) is 13.2 Å². The second-order valence-corrected chi connectivity index (χ2v) is 4.72. The summed E-state index contributed by atoms with van der Waals surface area (Å²) in [4.78, 5) is 1.56. The quantitative estimate of drug-likeness (QED) is 0.835. The van der Waals surface area contributed by atoms with Crippen LogP contribution in [0.1, 0.15) is 12.5 Å². The number of ether oxygens (including phenoxy) is 1. The van der Waals surface area contributed by atoms with Gasteiger partial charge in [-0.15, -0.1) is 0 Å². The van der Waals surface area contributed by atoms with E-state index < -0.39 is 18.0 Å². The minimum absolute atomic E-state index is 0.365. The van der Waals surface area contributed by atoms with Crippen LogP contribution in [0.15, 0.2) is 53.8 Å². The molecule has 0 fully saturated rings. The number of rotatable bonds is 3. The van der Waals surface area contributed by atoms with E-state index in [4.69, 9.17) is 4.74 Å². The first-order valence-corrected chi connectivity index (χ1v) is 6.21. The molecule has 2 nitrogen and oxygen atoms in total. The fourth-order valence-electron chi connectivity index (χ4n) is 2.26. The van der Waals surface area contributed by atoms with Gasteiger partial charge in [0.2, 0.25) is 0 Å². The normalized spacial score (nSPS) is 19.6. The van der Waals surface area contributed by atoms with Gasteiger partial charge in [-0.1, -0.05) is 30.3 Å². The Bertz CT molecular complexity index is 520. The third-order valence-electron chi connectivity index (χ3n) is 3.14. The molecule has 0 saturated heterocycles. The SMILES string of the molecule is COC1C(C)=CC(C(F)(F)F)=CN1Cc1ccccc1. The van der Waals surface area contributed by atoms with Gasteiger partial charge in [-0.05, 0) is 24.1 Å². The number of nitrogens with zero attached hydrogens (tertiary/aromatic N) is 1. The van der Waals surface area contributed by atoms with Crippen molar-refractivity contribution >= 4 is 0 Å². The summed E-state index contributed by atoms with van der Waals surface area (Å²) in [6.07, 6.45) is -2.57. The number of benzene rings is 1. The Labute approximate surface area is 116 Å². The lowest BCUT2D eigenvalue weighted by Gasteiger charge is -2.34. The standard InChI is InChI=1S/C15H16F3NO/c1-11-8-13(15(16,17)18)10-19(14(11)20-2)9-12-6-4-3-5-7-12/h3-8,10,14H,9H2,1-2H3. The van der Waals surface area contributed by atoms with E-state index in [0.717, 1.165) is 17.8 Å². The zero-order valence-corrected chi connectivity index (χ0v) is 11.3. The van der Waals surface area contributed by atoms with E-state index in [1.165, 1.54) is 7.11 Å². The number of hydrogen-bond donors (Lipinski definition) is 0. The molecule has 1 aromatic rings. The molecular formula is C15H16F3NO. The minimum Gasteiger partial charge on any atom is -0.358 e. The van der Waals surface area contributed by atoms with Crippen LogP contribution in [0.25, 0.3) is 0 Å². The summed E-state index contributed by atoms with van der Waals surface area (Å²) >= 11 is 0. The number of halogens is 3. The van der Waals surface area contributed by atoms with E-state index in [9.17, 15) is 13.2 Å². The molecule has 1 unspecified atom stereocenters. The van der Waals surface area contributed by atoms with Crippen LogP contribution in [0, 0.1) is 0 Å². The molecule has 0 spiro atoms. The molecule has 0 aromatic heterocycles. The fourth-order valence-corrected chi connectivity index (χ4v) is 2.26. The van der Waals surface area contributed by atoms with Gasteiger partial charge in [-0.3, -0.25) is 0 Å². The molecule has 5 heteroatoms. The minimum atomic E-state index is -4.35. The van der Waals surface area contributed by atoms with Gasteiger partial charge in [0.15, 0.2) is 6.23 Å². The highest BCUT2D eigenvalue weighted by atomic mass is 19.4. The van der Waals surface area contributed by atoms with Gasteiger partial charge in [0.25, 0.3) is 0 Å². The summed E-state index contributed by atoms with van der Waals surface area (Å²) in [6, 6.07) is 9.34. The third kappa shape index (κ3) is 3.22. The van der Waals surface area contributed by atoms with Gasteiger partial charge >= 0.3 is 6.18 Å².